The van der Waals surface area contributed by atoms with Crippen molar-refractivity contribution < 1.29 is 9.84 Å². The number of hydrogen-bond donors (Lipinski definition) is 2. The van der Waals surface area contributed by atoms with E-state index in [1.54, 1.807) is 7.11 Å². The Morgan fingerprint density at radius 3 is 2.79 bits per heavy atom. The van der Waals surface area contributed by atoms with Crippen LogP contribution in [-0.2, 0) is 0 Å². The minimum absolute atomic E-state index is 0.185. The molecule has 0 amide bonds. The smallest absolute Gasteiger partial charge is 0.123 e. The van der Waals surface area contributed by atoms with E-state index in [0.29, 0.717) is 0 Å². The van der Waals surface area contributed by atoms with Crippen molar-refractivity contribution >= 4 is 15.9 Å². The van der Waals surface area contributed by atoms with Crippen LogP contribution in [0.5, 0.6) is 5.75 Å². The third-order valence-electron chi connectivity index (χ3n) is 3.55. The van der Waals surface area contributed by atoms with Crippen molar-refractivity contribution in [3.8, 4) is 5.75 Å². The highest BCUT2D eigenvalue weighted by molar-refractivity contribution is 9.10. The average Bonchev–Trinajstić information content (AvgIpc) is 2.45. The van der Waals surface area contributed by atoms with Crippen LogP contribution in [0, 0.1) is 0 Å². The van der Waals surface area contributed by atoms with Gasteiger partial charge in [-0.05, 0) is 24.6 Å². The molecule has 1 heterocycles. The normalized spacial score (nSPS) is 18.3. The molecule has 2 rings (SSSR count). The summed E-state index contributed by atoms with van der Waals surface area (Å²) in [6.07, 6.45) is 0.729. The van der Waals surface area contributed by atoms with E-state index in [1.165, 1.54) is 0 Å². The van der Waals surface area contributed by atoms with E-state index in [4.69, 9.17) is 4.74 Å². The molecule has 1 aliphatic rings. The van der Waals surface area contributed by atoms with Crippen LogP contribution in [0.25, 0.3) is 0 Å². The summed E-state index contributed by atoms with van der Waals surface area (Å²) in [7, 11) is 1.69. The number of nitrogens with zero attached hydrogens (tertiary/aromatic N) is 1. The highest BCUT2D eigenvalue weighted by Crippen LogP contribution is 2.34. The van der Waals surface area contributed by atoms with E-state index in [2.05, 4.69) is 32.2 Å². The van der Waals surface area contributed by atoms with Crippen LogP contribution >= 0.6 is 15.9 Å². The molecule has 0 aliphatic carbocycles. The maximum absolute atomic E-state index is 9.37. The van der Waals surface area contributed by atoms with Gasteiger partial charge in [-0.25, -0.2) is 0 Å². The predicted octanol–water partition coefficient (Wildman–Crippen LogP) is 1.79. The van der Waals surface area contributed by atoms with Crippen molar-refractivity contribution in [2.45, 2.75) is 12.5 Å². The van der Waals surface area contributed by atoms with Gasteiger partial charge < -0.3 is 15.2 Å². The number of hydrogen-bond acceptors (Lipinski definition) is 4. The molecule has 0 bridgehead atoms. The highest BCUT2D eigenvalue weighted by Gasteiger charge is 2.24. The molecular formula is C14H21BrN2O2. The summed E-state index contributed by atoms with van der Waals surface area (Å²) in [6.45, 7) is 4.18. The van der Waals surface area contributed by atoms with Crippen LogP contribution in [0.2, 0.25) is 0 Å². The topological polar surface area (TPSA) is 44.7 Å². The van der Waals surface area contributed by atoms with E-state index in [9.17, 15) is 5.11 Å². The standard InChI is InChI=1S/C14H21BrN2O2/c1-19-14-3-2-11(15)10-12(14)13(4-9-18)17-7-5-16-6-8-17/h2-3,10,13,16,18H,4-9H2,1H3/t13-/m0/s1. The van der Waals surface area contributed by atoms with Crippen molar-refractivity contribution in [1.82, 2.24) is 10.2 Å². The fraction of sp³-hybridized carbons (Fsp3) is 0.571. The molecule has 0 radical (unpaired) electrons. The Morgan fingerprint density at radius 1 is 1.42 bits per heavy atom. The highest BCUT2D eigenvalue weighted by atomic mass is 79.9. The molecule has 2 N–H and O–H groups in total. The summed E-state index contributed by atoms with van der Waals surface area (Å²) in [5, 5.41) is 12.7. The van der Waals surface area contributed by atoms with Crippen LogP contribution in [-0.4, -0.2) is 49.9 Å². The largest absolute Gasteiger partial charge is 0.496 e. The van der Waals surface area contributed by atoms with E-state index < -0.39 is 0 Å². The van der Waals surface area contributed by atoms with E-state index >= 15 is 0 Å². The van der Waals surface area contributed by atoms with Gasteiger partial charge in [0.25, 0.3) is 0 Å². The number of aliphatic hydroxyl groups excluding tert-OH is 1. The van der Waals surface area contributed by atoms with E-state index in [1.807, 2.05) is 12.1 Å². The van der Waals surface area contributed by atoms with Gasteiger partial charge in [-0.15, -0.1) is 0 Å². The Hall–Kier alpha value is -0.620. The van der Waals surface area contributed by atoms with Crippen molar-refractivity contribution in [2.24, 2.45) is 0 Å². The van der Waals surface area contributed by atoms with Crippen LogP contribution in [0.1, 0.15) is 18.0 Å². The summed E-state index contributed by atoms with van der Waals surface area (Å²) < 4.78 is 6.52. The van der Waals surface area contributed by atoms with Crippen molar-refractivity contribution in [1.29, 1.82) is 0 Å². The molecule has 1 aromatic rings. The fourth-order valence-electron chi connectivity index (χ4n) is 2.62. The Labute approximate surface area is 122 Å². The van der Waals surface area contributed by atoms with Crippen molar-refractivity contribution in [3.63, 3.8) is 0 Å². The monoisotopic (exact) mass is 328 g/mol. The molecule has 1 aromatic carbocycles. The average molecular weight is 329 g/mol. The van der Waals surface area contributed by atoms with Crippen LogP contribution in [0.4, 0.5) is 0 Å². The number of piperazine rings is 1. The first kappa shape index (κ1) is 14.8. The van der Waals surface area contributed by atoms with Crippen molar-refractivity contribution in [2.75, 3.05) is 39.9 Å². The summed E-state index contributed by atoms with van der Waals surface area (Å²) in [5.41, 5.74) is 1.15. The Morgan fingerprint density at radius 2 is 2.16 bits per heavy atom. The SMILES string of the molecule is COc1ccc(Br)cc1[C@H](CCO)N1CCNCC1. The first-order valence-corrected chi connectivity index (χ1v) is 7.44. The van der Waals surface area contributed by atoms with Gasteiger partial charge in [-0.2, -0.15) is 0 Å². The summed E-state index contributed by atoms with van der Waals surface area (Å²) in [4.78, 5) is 2.41. The third-order valence-corrected chi connectivity index (χ3v) is 4.04. The number of rotatable bonds is 5. The molecule has 19 heavy (non-hydrogen) atoms. The second-order valence-corrected chi connectivity index (χ2v) is 5.62. The van der Waals surface area contributed by atoms with Crippen LogP contribution in [0.15, 0.2) is 22.7 Å². The summed E-state index contributed by atoms with van der Waals surface area (Å²) in [5.74, 6) is 0.889. The Kier molecular flexibility index (Phi) is 5.63. The Balaban J connectivity index is 2.28. The Bertz CT molecular complexity index is 408. The maximum Gasteiger partial charge on any atom is 0.123 e. The van der Waals surface area contributed by atoms with Gasteiger partial charge in [0.1, 0.15) is 5.75 Å². The first-order chi connectivity index (χ1) is 9.26. The zero-order valence-electron chi connectivity index (χ0n) is 11.2. The van der Waals surface area contributed by atoms with E-state index in [0.717, 1.165) is 48.4 Å². The van der Waals surface area contributed by atoms with E-state index in [-0.39, 0.29) is 12.6 Å². The van der Waals surface area contributed by atoms with Gasteiger partial charge in [0.2, 0.25) is 0 Å². The number of aliphatic hydroxyl groups is 1. The lowest BCUT2D eigenvalue weighted by Crippen LogP contribution is -2.45. The molecule has 0 unspecified atom stereocenters. The molecule has 1 saturated heterocycles. The van der Waals surface area contributed by atoms with Gasteiger partial charge in [0.05, 0.1) is 7.11 Å². The molecule has 1 fully saturated rings. The number of benzene rings is 1. The molecular weight excluding hydrogens is 308 g/mol. The second kappa shape index (κ2) is 7.24. The molecule has 0 aromatic heterocycles. The summed E-state index contributed by atoms with van der Waals surface area (Å²) in [6, 6.07) is 6.27. The molecule has 1 aliphatic heterocycles. The zero-order chi connectivity index (χ0) is 13.7. The van der Waals surface area contributed by atoms with Crippen LogP contribution in [0.3, 0.4) is 0 Å². The molecule has 4 nitrogen and oxygen atoms in total. The fourth-order valence-corrected chi connectivity index (χ4v) is 3.00. The second-order valence-electron chi connectivity index (χ2n) is 4.70. The van der Waals surface area contributed by atoms with Gasteiger partial charge in [0, 0.05) is 48.9 Å². The molecule has 5 heteroatoms. The number of ether oxygens (including phenoxy) is 1. The van der Waals surface area contributed by atoms with Gasteiger partial charge >= 0.3 is 0 Å². The van der Waals surface area contributed by atoms with Crippen molar-refractivity contribution in [3.05, 3.63) is 28.2 Å². The third kappa shape index (κ3) is 3.69. The lowest BCUT2D eigenvalue weighted by Gasteiger charge is -2.35. The molecule has 0 spiro atoms. The number of methoxy groups -OCH3 is 1. The van der Waals surface area contributed by atoms with Gasteiger partial charge in [0.15, 0.2) is 0 Å². The van der Waals surface area contributed by atoms with Gasteiger partial charge in [-0.3, -0.25) is 4.90 Å². The summed E-state index contributed by atoms with van der Waals surface area (Å²) >= 11 is 3.52. The number of nitrogens with one attached hydrogen (secondary N) is 1. The molecule has 0 saturated carbocycles. The minimum Gasteiger partial charge on any atom is -0.496 e. The molecule has 106 valence electrons. The lowest BCUT2D eigenvalue weighted by atomic mass is 10.0. The predicted molar refractivity (Wildman–Crippen MR) is 79.6 cm³/mol. The lowest BCUT2D eigenvalue weighted by molar-refractivity contribution is 0.139. The minimum atomic E-state index is 0.185. The van der Waals surface area contributed by atoms with Crippen LogP contribution < -0.4 is 10.1 Å². The zero-order valence-corrected chi connectivity index (χ0v) is 12.8. The number of halogens is 1. The molecule has 1 atom stereocenters. The quantitative estimate of drug-likeness (QED) is 0.865. The van der Waals surface area contributed by atoms with Gasteiger partial charge in [-0.1, -0.05) is 15.9 Å². The first-order valence-electron chi connectivity index (χ1n) is 6.65. The maximum atomic E-state index is 9.37.